The standard InChI is InChI=1S/C11H12FN3/c12-9-2-1-5-15-7-10(14-11(9)15)8-3-4-13-6-8/h1-2,5,7-8,13H,3-4,6H2. The SMILES string of the molecule is Fc1cccn2cc(C3CCNC3)nc12. The summed E-state index contributed by atoms with van der Waals surface area (Å²) in [5.74, 6) is 0.180. The van der Waals surface area contributed by atoms with Crippen LogP contribution in [0.2, 0.25) is 0 Å². The van der Waals surface area contributed by atoms with Gasteiger partial charge in [0, 0.05) is 24.9 Å². The fraction of sp³-hybridized carbons (Fsp3) is 0.364. The molecule has 2 aromatic rings. The van der Waals surface area contributed by atoms with Crippen LogP contribution in [0.1, 0.15) is 18.0 Å². The number of pyridine rings is 1. The molecule has 3 nitrogen and oxygen atoms in total. The van der Waals surface area contributed by atoms with Crippen molar-refractivity contribution in [2.75, 3.05) is 13.1 Å². The lowest BCUT2D eigenvalue weighted by atomic mass is 10.1. The fourth-order valence-electron chi connectivity index (χ4n) is 2.10. The number of imidazole rings is 1. The Morgan fingerprint density at radius 2 is 2.47 bits per heavy atom. The first-order valence-electron chi connectivity index (χ1n) is 5.18. The van der Waals surface area contributed by atoms with Gasteiger partial charge < -0.3 is 9.72 Å². The Kier molecular flexibility index (Phi) is 1.95. The summed E-state index contributed by atoms with van der Waals surface area (Å²) in [7, 11) is 0. The molecule has 0 radical (unpaired) electrons. The van der Waals surface area contributed by atoms with E-state index in [0.717, 1.165) is 25.2 Å². The van der Waals surface area contributed by atoms with E-state index in [1.807, 2.05) is 12.4 Å². The van der Waals surface area contributed by atoms with Crippen molar-refractivity contribution in [3.63, 3.8) is 0 Å². The fourth-order valence-corrected chi connectivity index (χ4v) is 2.10. The van der Waals surface area contributed by atoms with E-state index in [-0.39, 0.29) is 5.82 Å². The predicted molar refractivity (Wildman–Crippen MR) is 55.4 cm³/mol. The normalized spacial score (nSPS) is 21.3. The average Bonchev–Trinajstić information content (AvgIpc) is 2.86. The van der Waals surface area contributed by atoms with E-state index >= 15 is 0 Å². The predicted octanol–water partition coefficient (Wildman–Crippen LogP) is 1.55. The molecule has 0 amide bonds. The van der Waals surface area contributed by atoms with Crippen molar-refractivity contribution in [1.29, 1.82) is 0 Å². The first kappa shape index (κ1) is 8.85. The van der Waals surface area contributed by atoms with Crippen molar-refractivity contribution in [3.05, 3.63) is 36.0 Å². The van der Waals surface area contributed by atoms with Gasteiger partial charge in [0.2, 0.25) is 0 Å². The highest BCUT2D eigenvalue weighted by molar-refractivity contribution is 5.42. The Balaban J connectivity index is 2.09. The molecule has 0 aromatic carbocycles. The number of nitrogens with zero attached hydrogens (tertiary/aromatic N) is 2. The van der Waals surface area contributed by atoms with Crippen LogP contribution < -0.4 is 5.32 Å². The molecule has 3 heterocycles. The number of halogens is 1. The van der Waals surface area contributed by atoms with Gasteiger partial charge in [0.05, 0.1) is 5.69 Å². The minimum Gasteiger partial charge on any atom is -0.316 e. The number of nitrogens with one attached hydrogen (secondary N) is 1. The van der Waals surface area contributed by atoms with Gasteiger partial charge >= 0.3 is 0 Å². The average molecular weight is 205 g/mol. The third-order valence-corrected chi connectivity index (χ3v) is 2.93. The lowest BCUT2D eigenvalue weighted by molar-refractivity contribution is 0.629. The molecule has 1 N–H and O–H groups in total. The first-order chi connectivity index (χ1) is 7.34. The molecule has 1 fully saturated rings. The van der Waals surface area contributed by atoms with Crippen molar-refractivity contribution in [2.45, 2.75) is 12.3 Å². The maximum absolute atomic E-state index is 13.4. The zero-order valence-corrected chi connectivity index (χ0v) is 8.28. The van der Waals surface area contributed by atoms with Crippen LogP contribution in [0.25, 0.3) is 5.65 Å². The molecule has 15 heavy (non-hydrogen) atoms. The lowest BCUT2D eigenvalue weighted by Gasteiger charge is -2.01. The Labute approximate surface area is 86.9 Å². The number of rotatable bonds is 1. The van der Waals surface area contributed by atoms with Crippen molar-refractivity contribution in [2.24, 2.45) is 0 Å². The van der Waals surface area contributed by atoms with E-state index in [0.29, 0.717) is 11.6 Å². The van der Waals surface area contributed by atoms with E-state index in [2.05, 4.69) is 10.3 Å². The zero-order valence-electron chi connectivity index (χ0n) is 8.28. The summed E-state index contributed by atoms with van der Waals surface area (Å²) in [6, 6.07) is 3.14. The molecule has 0 saturated carbocycles. The molecule has 0 spiro atoms. The molecule has 78 valence electrons. The lowest BCUT2D eigenvalue weighted by Crippen LogP contribution is -2.08. The molecule has 1 aliphatic rings. The Hall–Kier alpha value is -1.42. The van der Waals surface area contributed by atoms with E-state index in [4.69, 9.17) is 0 Å². The quantitative estimate of drug-likeness (QED) is 0.765. The van der Waals surface area contributed by atoms with Crippen LogP contribution in [0.5, 0.6) is 0 Å². The van der Waals surface area contributed by atoms with Gasteiger partial charge in [-0.25, -0.2) is 9.37 Å². The maximum Gasteiger partial charge on any atom is 0.173 e. The molecule has 0 aliphatic carbocycles. The van der Waals surface area contributed by atoms with Gasteiger partial charge in [0.25, 0.3) is 0 Å². The van der Waals surface area contributed by atoms with Crippen LogP contribution >= 0.6 is 0 Å². The van der Waals surface area contributed by atoms with Crippen LogP contribution in [0.3, 0.4) is 0 Å². The van der Waals surface area contributed by atoms with Gasteiger partial charge in [-0.05, 0) is 25.1 Å². The second-order valence-electron chi connectivity index (χ2n) is 3.94. The van der Waals surface area contributed by atoms with Crippen LogP contribution in [0.4, 0.5) is 4.39 Å². The number of hydrogen-bond acceptors (Lipinski definition) is 2. The van der Waals surface area contributed by atoms with Gasteiger partial charge in [-0.15, -0.1) is 0 Å². The van der Waals surface area contributed by atoms with Crippen molar-refractivity contribution < 1.29 is 4.39 Å². The largest absolute Gasteiger partial charge is 0.316 e. The molecule has 1 aliphatic heterocycles. The van der Waals surface area contributed by atoms with E-state index in [1.54, 1.807) is 10.5 Å². The number of hydrogen-bond donors (Lipinski definition) is 1. The molecular formula is C11H12FN3. The highest BCUT2D eigenvalue weighted by atomic mass is 19.1. The molecule has 0 bridgehead atoms. The summed E-state index contributed by atoms with van der Waals surface area (Å²) in [5.41, 5.74) is 1.42. The Morgan fingerprint density at radius 1 is 1.53 bits per heavy atom. The van der Waals surface area contributed by atoms with Crippen molar-refractivity contribution in [1.82, 2.24) is 14.7 Å². The van der Waals surface area contributed by atoms with Crippen molar-refractivity contribution in [3.8, 4) is 0 Å². The van der Waals surface area contributed by atoms with Gasteiger partial charge in [0.15, 0.2) is 11.5 Å². The highest BCUT2D eigenvalue weighted by Crippen LogP contribution is 2.22. The molecular weight excluding hydrogens is 193 g/mol. The summed E-state index contributed by atoms with van der Waals surface area (Å²) < 4.78 is 15.1. The minimum absolute atomic E-state index is 0.255. The minimum atomic E-state index is -0.255. The topological polar surface area (TPSA) is 29.3 Å². The van der Waals surface area contributed by atoms with E-state index in [1.165, 1.54) is 6.07 Å². The second kappa shape index (κ2) is 3.31. The van der Waals surface area contributed by atoms with Gasteiger partial charge in [0.1, 0.15) is 0 Å². The molecule has 1 saturated heterocycles. The second-order valence-corrected chi connectivity index (χ2v) is 3.94. The summed E-state index contributed by atoms with van der Waals surface area (Å²) >= 11 is 0. The molecule has 2 aromatic heterocycles. The molecule has 3 rings (SSSR count). The van der Waals surface area contributed by atoms with E-state index in [9.17, 15) is 4.39 Å². The Morgan fingerprint density at radius 3 is 3.20 bits per heavy atom. The van der Waals surface area contributed by atoms with E-state index < -0.39 is 0 Å². The van der Waals surface area contributed by atoms with Gasteiger partial charge in [-0.3, -0.25) is 0 Å². The van der Waals surface area contributed by atoms with Crippen LogP contribution in [-0.4, -0.2) is 22.5 Å². The third kappa shape index (κ3) is 1.41. The van der Waals surface area contributed by atoms with Gasteiger partial charge in [-0.1, -0.05) is 0 Å². The van der Waals surface area contributed by atoms with Gasteiger partial charge in [-0.2, -0.15) is 0 Å². The number of fused-ring (bicyclic) bond motifs is 1. The maximum atomic E-state index is 13.4. The monoisotopic (exact) mass is 205 g/mol. The molecule has 1 unspecified atom stereocenters. The first-order valence-corrected chi connectivity index (χ1v) is 5.18. The summed E-state index contributed by atoms with van der Waals surface area (Å²) in [6.45, 7) is 1.98. The third-order valence-electron chi connectivity index (χ3n) is 2.93. The Bertz CT molecular complexity index is 486. The smallest absolute Gasteiger partial charge is 0.173 e. The zero-order chi connectivity index (χ0) is 10.3. The van der Waals surface area contributed by atoms with Crippen molar-refractivity contribution >= 4 is 5.65 Å². The molecule has 4 heteroatoms. The summed E-state index contributed by atoms with van der Waals surface area (Å²) in [6.07, 6.45) is 4.85. The number of aromatic nitrogens is 2. The van der Waals surface area contributed by atoms with Crippen LogP contribution in [0, 0.1) is 5.82 Å². The summed E-state index contributed by atoms with van der Waals surface area (Å²) in [4.78, 5) is 4.34. The molecule has 1 atom stereocenters. The highest BCUT2D eigenvalue weighted by Gasteiger charge is 2.19. The van der Waals surface area contributed by atoms with Crippen LogP contribution in [-0.2, 0) is 0 Å². The summed E-state index contributed by atoms with van der Waals surface area (Å²) in [5, 5.41) is 3.29. The van der Waals surface area contributed by atoms with Crippen LogP contribution in [0.15, 0.2) is 24.5 Å².